The molecule has 3 heterocycles. The highest BCUT2D eigenvalue weighted by Crippen LogP contribution is 2.41. The number of morpholine rings is 1. The molecule has 0 spiro atoms. The first-order valence-electron chi connectivity index (χ1n) is 12.4. The van der Waals surface area contributed by atoms with Gasteiger partial charge in [-0.3, -0.25) is 9.78 Å². The maximum atomic E-state index is 11.0. The van der Waals surface area contributed by atoms with Crippen LogP contribution in [0.5, 0.6) is 0 Å². The Morgan fingerprint density at radius 1 is 1.23 bits per heavy atom. The summed E-state index contributed by atoms with van der Waals surface area (Å²) >= 11 is 0. The standard InChI is InChI=1S/C28H37N3O4/c1-6-31-25-10-9-21(30-12-14-34-15-13-30)16-23(25)24(17-28(3,4)18-35-19-32)27(31)22-8-7-11-29-26(22)20(2)33-5/h7-11,16,19-20H,6,12-15,17-18H2,1-5H3. The monoisotopic (exact) mass is 479 g/mol. The van der Waals surface area contributed by atoms with Crippen LogP contribution in [0.3, 0.4) is 0 Å². The average Bonchev–Trinajstić information content (AvgIpc) is 3.19. The molecule has 0 bridgehead atoms. The molecule has 35 heavy (non-hydrogen) atoms. The highest BCUT2D eigenvalue weighted by atomic mass is 16.5. The molecule has 0 aliphatic carbocycles. The van der Waals surface area contributed by atoms with E-state index in [4.69, 9.17) is 19.2 Å². The van der Waals surface area contributed by atoms with Crippen LogP contribution >= 0.6 is 0 Å². The van der Waals surface area contributed by atoms with Crippen LogP contribution in [0.25, 0.3) is 22.2 Å². The first-order chi connectivity index (χ1) is 16.9. The van der Waals surface area contributed by atoms with Crippen molar-refractivity contribution in [3.63, 3.8) is 0 Å². The zero-order valence-corrected chi connectivity index (χ0v) is 21.5. The summed E-state index contributed by atoms with van der Waals surface area (Å²) in [5.41, 5.74) is 6.56. The molecular weight excluding hydrogens is 442 g/mol. The van der Waals surface area contributed by atoms with Gasteiger partial charge in [-0.05, 0) is 56.2 Å². The number of carbonyl (C=O) groups is 1. The number of anilines is 1. The number of ether oxygens (including phenoxy) is 3. The van der Waals surface area contributed by atoms with Gasteiger partial charge in [-0.25, -0.2) is 0 Å². The van der Waals surface area contributed by atoms with Crippen LogP contribution in [-0.2, 0) is 32.0 Å². The predicted molar refractivity (Wildman–Crippen MR) is 139 cm³/mol. The lowest BCUT2D eigenvalue weighted by Crippen LogP contribution is -2.36. The van der Waals surface area contributed by atoms with Gasteiger partial charge in [0.1, 0.15) is 0 Å². The summed E-state index contributed by atoms with van der Waals surface area (Å²) in [6, 6.07) is 10.9. The maximum Gasteiger partial charge on any atom is 0.293 e. The van der Waals surface area contributed by atoms with Crippen molar-refractivity contribution in [1.82, 2.24) is 9.55 Å². The van der Waals surface area contributed by atoms with E-state index in [-0.39, 0.29) is 11.5 Å². The molecule has 0 saturated carbocycles. The normalized spacial score (nSPS) is 15.4. The third-order valence-electron chi connectivity index (χ3n) is 6.87. The molecule has 0 N–H and O–H groups in total. The zero-order chi connectivity index (χ0) is 25.0. The number of carbonyl (C=O) groups excluding carboxylic acids is 1. The van der Waals surface area contributed by atoms with Crippen molar-refractivity contribution in [1.29, 1.82) is 0 Å². The molecule has 4 rings (SSSR count). The van der Waals surface area contributed by atoms with E-state index in [1.54, 1.807) is 7.11 Å². The van der Waals surface area contributed by atoms with Gasteiger partial charge in [0, 0.05) is 60.5 Å². The molecule has 0 amide bonds. The van der Waals surface area contributed by atoms with Crippen molar-refractivity contribution in [2.45, 2.75) is 46.8 Å². The van der Waals surface area contributed by atoms with Crippen molar-refractivity contribution >= 4 is 23.1 Å². The summed E-state index contributed by atoms with van der Waals surface area (Å²) in [6.07, 6.45) is 2.44. The van der Waals surface area contributed by atoms with Crippen LogP contribution in [0.1, 0.15) is 45.1 Å². The van der Waals surface area contributed by atoms with Gasteiger partial charge in [-0.15, -0.1) is 0 Å². The zero-order valence-electron chi connectivity index (χ0n) is 21.5. The van der Waals surface area contributed by atoms with Gasteiger partial charge in [0.25, 0.3) is 6.47 Å². The Balaban J connectivity index is 1.96. The van der Waals surface area contributed by atoms with Crippen LogP contribution in [0.15, 0.2) is 36.5 Å². The molecule has 1 aromatic carbocycles. The van der Waals surface area contributed by atoms with Crippen molar-refractivity contribution in [2.75, 3.05) is 44.9 Å². The summed E-state index contributed by atoms with van der Waals surface area (Å²) in [7, 11) is 1.72. The van der Waals surface area contributed by atoms with Crippen LogP contribution in [-0.4, -0.2) is 56.0 Å². The first-order valence-corrected chi connectivity index (χ1v) is 12.4. The molecule has 1 fully saturated rings. The molecule has 1 unspecified atom stereocenters. The largest absolute Gasteiger partial charge is 0.467 e. The molecular formula is C28H37N3O4. The van der Waals surface area contributed by atoms with E-state index in [0.717, 1.165) is 56.2 Å². The van der Waals surface area contributed by atoms with Crippen molar-refractivity contribution in [3.05, 3.63) is 47.8 Å². The number of aryl methyl sites for hydroxylation is 1. The van der Waals surface area contributed by atoms with Crippen LogP contribution < -0.4 is 4.90 Å². The van der Waals surface area contributed by atoms with Gasteiger partial charge in [-0.2, -0.15) is 0 Å². The third kappa shape index (κ3) is 5.21. The van der Waals surface area contributed by atoms with E-state index >= 15 is 0 Å². The minimum atomic E-state index is -0.243. The average molecular weight is 480 g/mol. The van der Waals surface area contributed by atoms with Gasteiger partial charge in [0.15, 0.2) is 0 Å². The summed E-state index contributed by atoms with van der Waals surface area (Å²) < 4.78 is 18.9. The summed E-state index contributed by atoms with van der Waals surface area (Å²) in [5, 5.41) is 1.23. The second-order valence-electron chi connectivity index (χ2n) is 9.93. The number of benzene rings is 1. The Labute approximate surface area is 208 Å². The van der Waals surface area contributed by atoms with Crippen LogP contribution in [0, 0.1) is 5.41 Å². The summed E-state index contributed by atoms with van der Waals surface area (Å²) in [5.74, 6) is 0. The maximum absolute atomic E-state index is 11.0. The number of aromatic nitrogens is 2. The number of nitrogens with zero attached hydrogens (tertiary/aromatic N) is 3. The number of fused-ring (bicyclic) bond motifs is 1. The number of hydrogen-bond acceptors (Lipinski definition) is 6. The molecule has 1 atom stereocenters. The molecule has 188 valence electrons. The van der Waals surface area contributed by atoms with Gasteiger partial charge >= 0.3 is 0 Å². The minimum Gasteiger partial charge on any atom is -0.467 e. The molecule has 1 aliphatic rings. The van der Waals surface area contributed by atoms with E-state index in [1.807, 2.05) is 19.2 Å². The van der Waals surface area contributed by atoms with Crippen LogP contribution in [0.2, 0.25) is 0 Å². The second-order valence-corrected chi connectivity index (χ2v) is 9.93. The minimum absolute atomic E-state index is 0.141. The quantitative estimate of drug-likeness (QED) is 0.381. The van der Waals surface area contributed by atoms with Gasteiger partial charge < -0.3 is 23.7 Å². The molecule has 1 aliphatic heterocycles. The SMILES string of the molecule is CCn1c(-c2cccnc2C(C)OC)c(CC(C)(C)COC=O)c2cc(N3CCOCC3)ccc21. The Kier molecular flexibility index (Phi) is 7.77. The number of hydrogen-bond donors (Lipinski definition) is 0. The Morgan fingerprint density at radius 2 is 2.00 bits per heavy atom. The molecule has 7 nitrogen and oxygen atoms in total. The highest BCUT2D eigenvalue weighted by Gasteiger charge is 2.28. The molecule has 3 aromatic rings. The fraction of sp³-hybridized carbons (Fsp3) is 0.500. The lowest BCUT2D eigenvalue weighted by Gasteiger charge is -2.29. The highest BCUT2D eigenvalue weighted by molar-refractivity contribution is 5.94. The Hall–Kier alpha value is -2.90. The Bertz CT molecular complexity index is 1160. The van der Waals surface area contributed by atoms with E-state index < -0.39 is 0 Å². The third-order valence-corrected chi connectivity index (χ3v) is 6.87. The smallest absolute Gasteiger partial charge is 0.293 e. The molecule has 0 radical (unpaired) electrons. The van der Waals surface area contributed by atoms with Gasteiger partial charge in [0.05, 0.1) is 37.3 Å². The summed E-state index contributed by atoms with van der Waals surface area (Å²) in [6.45, 7) is 13.5. The number of rotatable bonds is 10. The van der Waals surface area contributed by atoms with Crippen LogP contribution in [0.4, 0.5) is 5.69 Å². The fourth-order valence-electron chi connectivity index (χ4n) is 5.09. The lowest BCUT2D eigenvalue weighted by molar-refractivity contribution is -0.131. The Morgan fingerprint density at radius 3 is 2.69 bits per heavy atom. The molecule has 1 saturated heterocycles. The van der Waals surface area contributed by atoms with E-state index in [2.05, 4.69) is 54.5 Å². The predicted octanol–water partition coefficient (Wildman–Crippen LogP) is 5.01. The van der Waals surface area contributed by atoms with Crippen molar-refractivity contribution in [3.8, 4) is 11.3 Å². The summed E-state index contributed by atoms with van der Waals surface area (Å²) in [4.78, 5) is 18.1. The van der Waals surface area contributed by atoms with Gasteiger partial charge in [-0.1, -0.05) is 13.8 Å². The second kappa shape index (κ2) is 10.8. The number of methoxy groups -OCH3 is 1. The van der Waals surface area contributed by atoms with E-state index in [9.17, 15) is 4.79 Å². The first kappa shape index (κ1) is 25.2. The van der Waals surface area contributed by atoms with Gasteiger partial charge in [0.2, 0.25) is 0 Å². The molecule has 2 aromatic heterocycles. The van der Waals surface area contributed by atoms with E-state index in [0.29, 0.717) is 13.1 Å². The topological polar surface area (TPSA) is 65.8 Å². The van der Waals surface area contributed by atoms with Crippen molar-refractivity contribution in [2.24, 2.45) is 5.41 Å². The fourth-order valence-corrected chi connectivity index (χ4v) is 5.09. The number of pyridine rings is 1. The molecule has 7 heteroatoms. The van der Waals surface area contributed by atoms with Crippen molar-refractivity contribution < 1.29 is 19.0 Å². The van der Waals surface area contributed by atoms with E-state index in [1.165, 1.54) is 22.2 Å². The lowest BCUT2D eigenvalue weighted by atomic mass is 9.84.